The van der Waals surface area contributed by atoms with Gasteiger partial charge in [0.25, 0.3) is 0 Å². The van der Waals surface area contributed by atoms with Crippen molar-refractivity contribution >= 4 is 5.91 Å². The molecule has 0 bridgehead atoms. The van der Waals surface area contributed by atoms with E-state index in [2.05, 4.69) is 38.3 Å². The molecule has 15 heavy (non-hydrogen) atoms. The lowest BCUT2D eigenvalue weighted by Gasteiger charge is -2.15. The van der Waals surface area contributed by atoms with Crippen molar-refractivity contribution in [2.75, 3.05) is 13.1 Å². The Bertz CT molecular complexity index is 165. The summed E-state index contributed by atoms with van der Waals surface area (Å²) < 4.78 is 0. The Hall–Kier alpha value is -0.570. The lowest BCUT2D eigenvalue weighted by molar-refractivity contribution is -0.121. The number of hydrogen-bond acceptors (Lipinski definition) is 2. The van der Waals surface area contributed by atoms with Crippen LogP contribution in [-0.2, 0) is 4.79 Å². The molecular weight excluding hydrogens is 188 g/mol. The third kappa shape index (κ3) is 8.43. The highest BCUT2D eigenvalue weighted by molar-refractivity contribution is 5.78. The van der Waals surface area contributed by atoms with Crippen LogP contribution in [-0.4, -0.2) is 25.0 Å². The molecule has 0 aromatic heterocycles. The van der Waals surface area contributed by atoms with Gasteiger partial charge in [-0.25, -0.2) is 0 Å². The third-order valence-corrected chi connectivity index (χ3v) is 2.53. The fourth-order valence-corrected chi connectivity index (χ4v) is 1.36. The van der Waals surface area contributed by atoms with Crippen molar-refractivity contribution in [2.24, 2.45) is 5.92 Å². The Morgan fingerprint density at radius 3 is 2.27 bits per heavy atom. The number of nitrogens with one attached hydrogen (secondary N) is 2. The van der Waals surface area contributed by atoms with Gasteiger partial charge in [0.15, 0.2) is 0 Å². The van der Waals surface area contributed by atoms with Gasteiger partial charge < -0.3 is 10.6 Å². The van der Waals surface area contributed by atoms with E-state index in [4.69, 9.17) is 0 Å². The summed E-state index contributed by atoms with van der Waals surface area (Å²) in [6.45, 7) is 9.94. The number of rotatable bonds is 8. The molecular formula is C12H26N2O. The largest absolute Gasteiger partial charge is 0.352 e. The molecule has 1 amide bonds. The van der Waals surface area contributed by atoms with Crippen LogP contribution in [0.5, 0.6) is 0 Å². The topological polar surface area (TPSA) is 41.1 Å². The van der Waals surface area contributed by atoms with Crippen molar-refractivity contribution < 1.29 is 4.79 Å². The van der Waals surface area contributed by atoms with Crippen LogP contribution in [0, 0.1) is 5.92 Å². The van der Waals surface area contributed by atoms with Crippen LogP contribution in [0.15, 0.2) is 0 Å². The molecule has 0 unspecified atom stereocenters. The van der Waals surface area contributed by atoms with Gasteiger partial charge in [0.05, 0.1) is 6.54 Å². The predicted octanol–water partition coefficient (Wildman–Crippen LogP) is 1.93. The maximum absolute atomic E-state index is 11.4. The smallest absolute Gasteiger partial charge is 0.234 e. The number of hydrogen-bond donors (Lipinski definition) is 2. The van der Waals surface area contributed by atoms with Crippen molar-refractivity contribution in [1.82, 2.24) is 10.6 Å². The summed E-state index contributed by atoms with van der Waals surface area (Å²) in [5.74, 6) is 0.812. The molecule has 0 heterocycles. The first kappa shape index (κ1) is 14.4. The normalized spacial score (nSPS) is 11.1. The van der Waals surface area contributed by atoms with E-state index in [9.17, 15) is 4.79 Å². The summed E-state index contributed by atoms with van der Waals surface area (Å²) in [5.41, 5.74) is 0. The molecule has 0 aliphatic carbocycles. The molecule has 0 aromatic carbocycles. The Balaban J connectivity index is 3.48. The zero-order valence-electron chi connectivity index (χ0n) is 10.6. The molecule has 0 spiro atoms. The second kappa shape index (κ2) is 8.72. The van der Waals surface area contributed by atoms with Crippen LogP contribution in [0.25, 0.3) is 0 Å². The van der Waals surface area contributed by atoms with Gasteiger partial charge in [0, 0.05) is 6.04 Å². The van der Waals surface area contributed by atoms with Crippen LogP contribution in [0.1, 0.15) is 47.0 Å². The third-order valence-electron chi connectivity index (χ3n) is 2.53. The number of carbonyl (C=O) groups is 1. The minimum Gasteiger partial charge on any atom is -0.352 e. The molecule has 2 N–H and O–H groups in total. The Labute approximate surface area is 94.0 Å². The molecule has 0 aliphatic heterocycles. The van der Waals surface area contributed by atoms with E-state index in [1.165, 1.54) is 0 Å². The lowest BCUT2D eigenvalue weighted by Crippen LogP contribution is -2.40. The maximum atomic E-state index is 11.4. The molecule has 3 heteroatoms. The maximum Gasteiger partial charge on any atom is 0.234 e. The van der Waals surface area contributed by atoms with Gasteiger partial charge in [0.2, 0.25) is 5.91 Å². The van der Waals surface area contributed by atoms with E-state index in [1.807, 2.05) is 0 Å². The highest BCUT2D eigenvalue weighted by Gasteiger charge is 2.07. The van der Waals surface area contributed by atoms with Gasteiger partial charge in [-0.1, -0.05) is 27.7 Å². The van der Waals surface area contributed by atoms with Crippen LogP contribution in [0.2, 0.25) is 0 Å². The average Bonchev–Trinajstić information content (AvgIpc) is 2.20. The second-order valence-electron chi connectivity index (χ2n) is 4.44. The van der Waals surface area contributed by atoms with Crippen LogP contribution in [0.3, 0.4) is 0 Å². The molecule has 0 saturated carbocycles. The molecule has 3 nitrogen and oxygen atoms in total. The Morgan fingerprint density at radius 1 is 1.20 bits per heavy atom. The van der Waals surface area contributed by atoms with E-state index >= 15 is 0 Å². The van der Waals surface area contributed by atoms with E-state index in [-0.39, 0.29) is 5.91 Å². The molecule has 0 atom stereocenters. The van der Waals surface area contributed by atoms with Crippen molar-refractivity contribution in [3.63, 3.8) is 0 Å². The highest BCUT2D eigenvalue weighted by atomic mass is 16.1. The van der Waals surface area contributed by atoms with Crippen molar-refractivity contribution in [2.45, 2.75) is 53.0 Å². The summed E-state index contributed by atoms with van der Waals surface area (Å²) in [5, 5.41) is 6.16. The summed E-state index contributed by atoms with van der Waals surface area (Å²) in [6, 6.07) is 0.337. The molecule has 0 rings (SSSR count). The van der Waals surface area contributed by atoms with E-state index < -0.39 is 0 Å². The average molecular weight is 214 g/mol. The zero-order valence-corrected chi connectivity index (χ0v) is 10.6. The van der Waals surface area contributed by atoms with Crippen LogP contribution >= 0.6 is 0 Å². The molecule has 0 saturated heterocycles. The van der Waals surface area contributed by atoms with Crippen LogP contribution < -0.4 is 10.6 Å². The predicted molar refractivity (Wildman–Crippen MR) is 64.8 cm³/mol. The first-order chi connectivity index (χ1) is 7.10. The quantitative estimate of drug-likeness (QED) is 0.606. The SMILES string of the molecule is CCC(CC)NC(=O)CNCCC(C)C. The van der Waals surface area contributed by atoms with Gasteiger partial charge >= 0.3 is 0 Å². The molecule has 0 fully saturated rings. The fraction of sp³-hybridized carbons (Fsp3) is 0.917. The number of carbonyl (C=O) groups excluding carboxylic acids is 1. The first-order valence-corrected chi connectivity index (χ1v) is 6.10. The summed E-state index contributed by atoms with van der Waals surface area (Å²) in [7, 11) is 0. The first-order valence-electron chi connectivity index (χ1n) is 6.10. The second-order valence-corrected chi connectivity index (χ2v) is 4.44. The van der Waals surface area contributed by atoms with Crippen molar-refractivity contribution in [3.05, 3.63) is 0 Å². The van der Waals surface area contributed by atoms with Gasteiger partial charge in [-0.3, -0.25) is 4.79 Å². The van der Waals surface area contributed by atoms with Crippen molar-refractivity contribution in [3.8, 4) is 0 Å². The van der Waals surface area contributed by atoms with Gasteiger partial charge in [-0.15, -0.1) is 0 Å². The minimum absolute atomic E-state index is 0.118. The molecule has 90 valence electrons. The van der Waals surface area contributed by atoms with Crippen molar-refractivity contribution in [1.29, 1.82) is 0 Å². The van der Waals surface area contributed by atoms with Gasteiger partial charge in [-0.2, -0.15) is 0 Å². The Morgan fingerprint density at radius 2 is 1.80 bits per heavy atom. The van der Waals surface area contributed by atoms with Crippen LogP contribution in [0.4, 0.5) is 0 Å². The van der Waals surface area contributed by atoms with Gasteiger partial charge in [-0.05, 0) is 31.7 Å². The fourth-order valence-electron chi connectivity index (χ4n) is 1.36. The summed E-state index contributed by atoms with van der Waals surface area (Å²) in [4.78, 5) is 11.4. The number of amides is 1. The zero-order chi connectivity index (χ0) is 11.7. The Kier molecular flexibility index (Phi) is 8.38. The molecule has 0 aromatic rings. The van der Waals surface area contributed by atoms with E-state index in [1.54, 1.807) is 0 Å². The monoisotopic (exact) mass is 214 g/mol. The lowest BCUT2D eigenvalue weighted by atomic mass is 10.1. The van der Waals surface area contributed by atoms with Gasteiger partial charge in [0.1, 0.15) is 0 Å². The molecule has 0 radical (unpaired) electrons. The highest BCUT2D eigenvalue weighted by Crippen LogP contribution is 1.96. The van der Waals surface area contributed by atoms with E-state index in [0.29, 0.717) is 18.5 Å². The minimum atomic E-state index is 0.118. The standard InChI is InChI=1S/C12H26N2O/c1-5-11(6-2)14-12(15)9-13-8-7-10(3)4/h10-11,13H,5-9H2,1-4H3,(H,14,15). The van der Waals surface area contributed by atoms with E-state index in [0.717, 1.165) is 25.8 Å². The summed E-state index contributed by atoms with van der Waals surface area (Å²) in [6.07, 6.45) is 3.14. The summed E-state index contributed by atoms with van der Waals surface area (Å²) >= 11 is 0. The molecule has 0 aliphatic rings.